The Kier molecular flexibility index (Phi) is 4.46. The molecule has 0 saturated carbocycles. The average Bonchev–Trinajstić information content (AvgIpc) is 3.53. The van der Waals surface area contributed by atoms with Gasteiger partial charge in [0.05, 0.1) is 23.2 Å². The molecule has 1 aliphatic heterocycles. The van der Waals surface area contributed by atoms with Crippen LogP contribution in [0.1, 0.15) is 33.8 Å². The number of hydrogen-bond acceptors (Lipinski definition) is 6. The average molecular weight is 440 g/mol. The third-order valence-electron chi connectivity index (χ3n) is 5.79. The number of H-pyrrole nitrogens is 1. The Morgan fingerprint density at radius 2 is 1.91 bits per heavy atom. The number of halogens is 1. The standard InChI is InChI=1S/C24H17FN6O2/c25-16-8-5-15(6-9-16)22-29-30-23(33-22)24(32)31-12-11-18-20(27-13-26-18)21(31)19-10-7-14-3-1-2-4-17(14)28-19/h1-10,13,21H,11-12H2,(H,26,27)/t21-/m0/s1. The third kappa shape index (κ3) is 3.34. The number of nitrogens with zero attached hydrogens (tertiary/aromatic N) is 5. The molecule has 5 aromatic rings. The van der Waals surface area contributed by atoms with Gasteiger partial charge in [0.1, 0.15) is 11.9 Å². The zero-order valence-corrected chi connectivity index (χ0v) is 17.3. The molecule has 0 fully saturated rings. The van der Waals surface area contributed by atoms with Crippen molar-refractivity contribution < 1.29 is 13.6 Å². The van der Waals surface area contributed by atoms with Crippen LogP contribution in [0.5, 0.6) is 0 Å². The van der Waals surface area contributed by atoms with Crippen LogP contribution in [0, 0.1) is 5.82 Å². The fraction of sp³-hybridized carbons (Fsp3) is 0.125. The number of para-hydroxylation sites is 1. The molecular formula is C24H17FN6O2. The summed E-state index contributed by atoms with van der Waals surface area (Å²) in [6.45, 7) is 0.432. The predicted molar refractivity (Wildman–Crippen MR) is 117 cm³/mol. The monoisotopic (exact) mass is 440 g/mol. The first-order chi connectivity index (χ1) is 16.2. The van der Waals surface area contributed by atoms with Crippen molar-refractivity contribution >= 4 is 16.8 Å². The summed E-state index contributed by atoms with van der Waals surface area (Å²) in [5.74, 6) is -0.775. The van der Waals surface area contributed by atoms with Gasteiger partial charge in [0, 0.05) is 29.6 Å². The first-order valence-electron chi connectivity index (χ1n) is 10.5. The fourth-order valence-corrected chi connectivity index (χ4v) is 4.17. The third-order valence-corrected chi connectivity index (χ3v) is 5.79. The van der Waals surface area contributed by atoms with Crippen LogP contribution < -0.4 is 0 Å². The molecule has 0 saturated heterocycles. The van der Waals surface area contributed by atoms with E-state index in [4.69, 9.17) is 9.40 Å². The highest BCUT2D eigenvalue weighted by molar-refractivity contribution is 5.90. The summed E-state index contributed by atoms with van der Waals surface area (Å²) in [6, 6.07) is 16.9. The van der Waals surface area contributed by atoms with Crippen molar-refractivity contribution in [1.82, 2.24) is 30.0 Å². The van der Waals surface area contributed by atoms with Crippen LogP contribution in [-0.4, -0.2) is 42.5 Å². The summed E-state index contributed by atoms with van der Waals surface area (Å²) in [5, 5.41) is 8.95. The van der Waals surface area contributed by atoms with E-state index in [0.717, 1.165) is 22.3 Å². The maximum absolute atomic E-state index is 13.5. The molecule has 0 aliphatic carbocycles. The highest BCUT2D eigenvalue weighted by Gasteiger charge is 2.37. The van der Waals surface area contributed by atoms with Gasteiger partial charge in [0.15, 0.2) is 0 Å². The van der Waals surface area contributed by atoms with Gasteiger partial charge in [-0.1, -0.05) is 24.3 Å². The molecule has 6 rings (SSSR count). The lowest BCUT2D eigenvalue weighted by Crippen LogP contribution is -2.41. The molecule has 1 aliphatic rings. The minimum atomic E-state index is -0.502. The van der Waals surface area contributed by atoms with Gasteiger partial charge in [0.2, 0.25) is 5.89 Å². The van der Waals surface area contributed by atoms with E-state index in [1.807, 2.05) is 36.4 Å². The minimum Gasteiger partial charge on any atom is -0.412 e. The zero-order valence-electron chi connectivity index (χ0n) is 17.3. The van der Waals surface area contributed by atoms with Crippen LogP contribution in [0.15, 0.2) is 71.4 Å². The molecule has 3 aromatic heterocycles. The number of nitrogens with one attached hydrogen (secondary N) is 1. The molecule has 1 N–H and O–H groups in total. The van der Waals surface area contributed by atoms with Crippen LogP contribution in [0.4, 0.5) is 4.39 Å². The second-order valence-electron chi connectivity index (χ2n) is 7.77. The summed E-state index contributed by atoms with van der Waals surface area (Å²) in [6.07, 6.45) is 2.25. The van der Waals surface area contributed by atoms with Crippen molar-refractivity contribution in [1.29, 1.82) is 0 Å². The minimum absolute atomic E-state index is 0.140. The molecule has 0 spiro atoms. The summed E-state index contributed by atoms with van der Waals surface area (Å²) in [7, 11) is 0. The first kappa shape index (κ1) is 19.3. The number of aromatic amines is 1. The van der Waals surface area contributed by atoms with Gasteiger partial charge in [-0.05, 0) is 36.4 Å². The second-order valence-corrected chi connectivity index (χ2v) is 7.77. The Labute approximate surface area is 187 Å². The van der Waals surface area contributed by atoms with E-state index in [2.05, 4.69) is 20.2 Å². The van der Waals surface area contributed by atoms with Crippen LogP contribution in [0.25, 0.3) is 22.4 Å². The second kappa shape index (κ2) is 7.63. The lowest BCUT2D eigenvalue weighted by atomic mass is 9.98. The lowest BCUT2D eigenvalue weighted by Gasteiger charge is -2.33. The van der Waals surface area contributed by atoms with E-state index in [-0.39, 0.29) is 17.6 Å². The number of imidazole rings is 1. The van der Waals surface area contributed by atoms with Crippen molar-refractivity contribution in [2.75, 3.05) is 6.54 Å². The number of carbonyl (C=O) groups is 1. The SMILES string of the molecule is O=C(c1nnc(-c2ccc(F)cc2)o1)N1CCc2[nH]cnc2[C@@H]1c1ccc2ccccc2n1. The van der Waals surface area contributed by atoms with Gasteiger partial charge in [-0.2, -0.15) is 0 Å². The van der Waals surface area contributed by atoms with E-state index in [1.165, 1.54) is 24.3 Å². The first-order valence-corrected chi connectivity index (χ1v) is 10.5. The number of benzene rings is 2. The van der Waals surface area contributed by atoms with Gasteiger partial charge in [-0.3, -0.25) is 9.78 Å². The Hall–Kier alpha value is -4.40. The molecule has 9 heteroatoms. The van der Waals surface area contributed by atoms with E-state index < -0.39 is 11.9 Å². The van der Waals surface area contributed by atoms with Crippen LogP contribution in [0.3, 0.4) is 0 Å². The molecule has 33 heavy (non-hydrogen) atoms. The normalized spacial score (nSPS) is 15.5. The van der Waals surface area contributed by atoms with Gasteiger partial charge < -0.3 is 14.3 Å². The number of pyridine rings is 1. The van der Waals surface area contributed by atoms with Crippen molar-refractivity contribution in [3.63, 3.8) is 0 Å². The van der Waals surface area contributed by atoms with Gasteiger partial charge in [-0.25, -0.2) is 9.37 Å². The van der Waals surface area contributed by atoms with E-state index in [9.17, 15) is 9.18 Å². The van der Waals surface area contributed by atoms with E-state index in [1.54, 1.807) is 11.2 Å². The number of amides is 1. The predicted octanol–water partition coefficient (Wildman–Crippen LogP) is 3.93. The quantitative estimate of drug-likeness (QED) is 0.456. The zero-order chi connectivity index (χ0) is 22.4. The number of aromatic nitrogens is 5. The van der Waals surface area contributed by atoms with Crippen molar-refractivity contribution in [2.24, 2.45) is 0 Å². The Balaban J connectivity index is 1.39. The summed E-state index contributed by atoms with van der Waals surface area (Å²) in [5.41, 5.74) is 3.78. The molecule has 0 bridgehead atoms. The fourth-order valence-electron chi connectivity index (χ4n) is 4.17. The topological polar surface area (TPSA) is 101 Å². The molecule has 0 radical (unpaired) electrons. The van der Waals surface area contributed by atoms with E-state index in [0.29, 0.717) is 24.2 Å². The molecule has 1 atom stereocenters. The largest absolute Gasteiger partial charge is 0.412 e. The molecule has 8 nitrogen and oxygen atoms in total. The highest BCUT2D eigenvalue weighted by atomic mass is 19.1. The number of rotatable bonds is 3. The molecule has 1 amide bonds. The number of fused-ring (bicyclic) bond motifs is 2. The van der Waals surface area contributed by atoms with Crippen molar-refractivity contribution in [3.8, 4) is 11.5 Å². The lowest BCUT2D eigenvalue weighted by molar-refractivity contribution is 0.0647. The van der Waals surface area contributed by atoms with Crippen LogP contribution in [-0.2, 0) is 6.42 Å². The van der Waals surface area contributed by atoms with Crippen molar-refractivity contribution in [3.05, 3.63) is 95.8 Å². The summed E-state index contributed by atoms with van der Waals surface area (Å²) >= 11 is 0. The van der Waals surface area contributed by atoms with Crippen LogP contribution >= 0.6 is 0 Å². The van der Waals surface area contributed by atoms with E-state index >= 15 is 0 Å². The maximum Gasteiger partial charge on any atom is 0.312 e. The number of hydrogen-bond donors (Lipinski definition) is 1. The van der Waals surface area contributed by atoms with Gasteiger partial charge in [-0.15, -0.1) is 10.2 Å². The smallest absolute Gasteiger partial charge is 0.312 e. The molecule has 2 aromatic carbocycles. The molecule has 0 unspecified atom stereocenters. The van der Waals surface area contributed by atoms with Gasteiger partial charge in [0.25, 0.3) is 0 Å². The Bertz CT molecular complexity index is 1480. The molecule has 162 valence electrons. The van der Waals surface area contributed by atoms with Gasteiger partial charge >= 0.3 is 11.8 Å². The summed E-state index contributed by atoms with van der Waals surface area (Å²) < 4.78 is 18.9. The highest BCUT2D eigenvalue weighted by Crippen LogP contribution is 2.34. The van der Waals surface area contributed by atoms with Crippen LogP contribution in [0.2, 0.25) is 0 Å². The Morgan fingerprint density at radius 3 is 2.79 bits per heavy atom. The summed E-state index contributed by atoms with van der Waals surface area (Å²) in [4.78, 5) is 27.6. The van der Waals surface area contributed by atoms with Crippen molar-refractivity contribution in [2.45, 2.75) is 12.5 Å². The molecular weight excluding hydrogens is 423 g/mol. The maximum atomic E-state index is 13.5. The molecule has 4 heterocycles. The number of carbonyl (C=O) groups excluding carboxylic acids is 1. The Morgan fingerprint density at radius 1 is 1.06 bits per heavy atom.